The fourth-order valence-corrected chi connectivity index (χ4v) is 2.90. The molecule has 3 rings (SSSR count). The molecule has 0 saturated carbocycles. The second kappa shape index (κ2) is 6.61. The molecule has 0 aromatic heterocycles. The Balaban J connectivity index is 1.99. The zero-order valence-corrected chi connectivity index (χ0v) is 14.4. The Labute approximate surface area is 153 Å². The van der Waals surface area contributed by atoms with Crippen LogP contribution in [-0.2, 0) is 4.79 Å². The molecule has 8 heteroatoms. The van der Waals surface area contributed by atoms with Crippen LogP contribution in [-0.4, -0.2) is 23.6 Å². The number of nitrogens with zero attached hydrogens (tertiary/aromatic N) is 1. The number of fused-ring (bicyclic) bond motifs is 1. The summed E-state index contributed by atoms with van der Waals surface area (Å²) in [7, 11) is 0. The molecule has 0 radical (unpaired) electrons. The predicted octanol–water partition coefficient (Wildman–Crippen LogP) is 2.44. The summed E-state index contributed by atoms with van der Waals surface area (Å²) in [6.07, 6.45) is 0. The van der Waals surface area contributed by atoms with Gasteiger partial charge in [-0.15, -0.1) is 0 Å². The number of ketones is 1. The van der Waals surface area contributed by atoms with Crippen LogP contribution in [0.15, 0.2) is 42.5 Å². The number of hydrogen-bond donors (Lipinski definition) is 2. The molecule has 26 heavy (non-hydrogen) atoms. The number of nitrogens with two attached hydrogens (primary N) is 1. The second-order valence-electron chi connectivity index (χ2n) is 5.76. The van der Waals surface area contributed by atoms with E-state index in [4.69, 9.17) is 17.3 Å². The molecule has 0 aliphatic carbocycles. The van der Waals surface area contributed by atoms with Gasteiger partial charge in [0.15, 0.2) is 5.78 Å². The average molecular weight is 372 g/mol. The van der Waals surface area contributed by atoms with Gasteiger partial charge in [-0.2, -0.15) is 0 Å². The average Bonchev–Trinajstić information content (AvgIpc) is 2.86. The summed E-state index contributed by atoms with van der Waals surface area (Å²) in [6.45, 7) is 1.38. The standard InChI is InChI=1S/C18H14ClN3O4/c1-9(23)11-4-7-14-13(8-11)15(17(25)22(14)18(20)26)21-16(24)10-2-5-12(19)6-3-10/h2-8,15H,1H3,(H2,20,26)(H,21,24). The van der Waals surface area contributed by atoms with Crippen molar-refractivity contribution in [3.8, 4) is 0 Å². The van der Waals surface area contributed by atoms with Crippen molar-refractivity contribution in [3.63, 3.8) is 0 Å². The Kier molecular flexibility index (Phi) is 4.48. The molecule has 7 nitrogen and oxygen atoms in total. The van der Waals surface area contributed by atoms with Crippen molar-refractivity contribution in [2.75, 3.05) is 4.90 Å². The highest BCUT2D eigenvalue weighted by Crippen LogP contribution is 2.36. The van der Waals surface area contributed by atoms with Gasteiger partial charge in [-0.3, -0.25) is 14.4 Å². The zero-order valence-electron chi connectivity index (χ0n) is 13.7. The highest BCUT2D eigenvalue weighted by atomic mass is 35.5. The van der Waals surface area contributed by atoms with Crippen LogP contribution in [0.4, 0.5) is 10.5 Å². The number of carbonyl (C=O) groups excluding carboxylic acids is 4. The van der Waals surface area contributed by atoms with Gasteiger partial charge in [0.25, 0.3) is 11.8 Å². The number of amides is 4. The molecular weight excluding hydrogens is 358 g/mol. The molecule has 132 valence electrons. The molecular formula is C18H14ClN3O4. The molecule has 1 aliphatic rings. The summed E-state index contributed by atoms with van der Waals surface area (Å²) in [5.74, 6) is -1.42. The number of nitrogens with one attached hydrogen (secondary N) is 1. The van der Waals surface area contributed by atoms with Gasteiger partial charge in [0.1, 0.15) is 6.04 Å². The zero-order chi connectivity index (χ0) is 19.0. The van der Waals surface area contributed by atoms with Crippen molar-refractivity contribution in [2.45, 2.75) is 13.0 Å². The van der Waals surface area contributed by atoms with Crippen molar-refractivity contribution in [2.24, 2.45) is 5.73 Å². The molecule has 1 unspecified atom stereocenters. The summed E-state index contributed by atoms with van der Waals surface area (Å²) < 4.78 is 0. The number of anilines is 1. The van der Waals surface area contributed by atoms with Gasteiger partial charge in [0, 0.05) is 21.7 Å². The summed E-state index contributed by atoms with van der Waals surface area (Å²) >= 11 is 5.80. The van der Waals surface area contributed by atoms with Gasteiger partial charge >= 0.3 is 6.03 Å². The van der Waals surface area contributed by atoms with Gasteiger partial charge in [-0.1, -0.05) is 11.6 Å². The minimum absolute atomic E-state index is 0.208. The molecule has 1 heterocycles. The molecule has 0 saturated heterocycles. The van der Waals surface area contributed by atoms with E-state index in [1.165, 1.54) is 37.3 Å². The summed E-state index contributed by atoms with van der Waals surface area (Å²) in [5, 5.41) is 3.05. The predicted molar refractivity (Wildman–Crippen MR) is 95.2 cm³/mol. The van der Waals surface area contributed by atoms with E-state index in [0.29, 0.717) is 21.7 Å². The van der Waals surface area contributed by atoms with E-state index in [-0.39, 0.29) is 11.5 Å². The largest absolute Gasteiger partial charge is 0.351 e. The number of imide groups is 1. The fraction of sp³-hybridized carbons (Fsp3) is 0.111. The van der Waals surface area contributed by atoms with Crippen LogP contribution < -0.4 is 16.0 Å². The van der Waals surface area contributed by atoms with Crippen LogP contribution in [0, 0.1) is 0 Å². The number of halogens is 1. The van der Waals surface area contributed by atoms with Crippen molar-refractivity contribution in [3.05, 3.63) is 64.2 Å². The van der Waals surface area contributed by atoms with Crippen molar-refractivity contribution in [1.29, 1.82) is 0 Å². The maximum Gasteiger partial charge on any atom is 0.326 e. The second-order valence-corrected chi connectivity index (χ2v) is 6.19. The van der Waals surface area contributed by atoms with E-state index in [1.54, 1.807) is 12.1 Å². The van der Waals surface area contributed by atoms with Crippen molar-refractivity contribution >= 4 is 40.9 Å². The third-order valence-corrected chi connectivity index (χ3v) is 4.31. The first kappa shape index (κ1) is 17.6. The number of urea groups is 1. The number of benzene rings is 2. The van der Waals surface area contributed by atoms with Crippen LogP contribution in [0.3, 0.4) is 0 Å². The molecule has 0 spiro atoms. The van der Waals surface area contributed by atoms with Crippen LogP contribution in [0.5, 0.6) is 0 Å². The Morgan fingerprint density at radius 3 is 2.27 bits per heavy atom. The van der Waals surface area contributed by atoms with E-state index in [1.807, 2.05) is 0 Å². The number of primary amides is 1. The summed E-state index contributed by atoms with van der Waals surface area (Å²) in [6, 6.07) is 8.46. The lowest BCUT2D eigenvalue weighted by Gasteiger charge is -2.14. The maximum absolute atomic E-state index is 12.6. The molecule has 0 fully saturated rings. The first-order valence-corrected chi connectivity index (χ1v) is 8.02. The minimum Gasteiger partial charge on any atom is -0.351 e. The highest BCUT2D eigenvalue weighted by Gasteiger charge is 2.41. The van der Waals surface area contributed by atoms with Gasteiger partial charge < -0.3 is 11.1 Å². The molecule has 1 aliphatic heterocycles. The third kappa shape index (κ3) is 3.04. The van der Waals surface area contributed by atoms with Crippen LogP contribution in [0.2, 0.25) is 5.02 Å². The first-order valence-electron chi connectivity index (χ1n) is 7.64. The Morgan fingerprint density at radius 2 is 1.69 bits per heavy atom. The van der Waals surface area contributed by atoms with Crippen LogP contribution in [0.1, 0.15) is 39.2 Å². The monoisotopic (exact) mass is 371 g/mol. The van der Waals surface area contributed by atoms with E-state index < -0.39 is 23.9 Å². The van der Waals surface area contributed by atoms with Crippen molar-refractivity contribution < 1.29 is 19.2 Å². The van der Waals surface area contributed by atoms with Gasteiger partial charge in [0.2, 0.25) is 0 Å². The number of carbonyl (C=O) groups is 4. The van der Waals surface area contributed by atoms with Crippen molar-refractivity contribution in [1.82, 2.24) is 5.32 Å². The number of Topliss-reactive ketones (excluding diaryl/α,β-unsaturated/α-hetero) is 1. The van der Waals surface area contributed by atoms with E-state index >= 15 is 0 Å². The van der Waals surface area contributed by atoms with E-state index in [0.717, 1.165) is 4.90 Å². The lowest BCUT2D eigenvalue weighted by molar-refractivity contribution is -0.119. The third-order valence-electron chi connectivity index (χ3n) is 4.06. The topological polar surface area (TPSA) is 110 Å². The highest BCUT2D eigenvalue weighted by molar-refractivity contribution is 6.30. The maximum atomic E-state index is 12.6. The minimum atomic E-state index is -1.13. The molecule has 2 aromatic carbocycles. The smallest absolute Gasteiger partial charge is 0.326 e. The Bertz CT molecular complexity index is 940. The molecule has 2 aromatic rings. The van der Waals surface area contributed by atoms with Gasteiger partial charge in [-0.05, 0) is 49.4 Å². The van der Waals surface area contributed by atoms with Gasteiger partial charge in [-0.25, -0.2) is 9.69 Å². The summed E-state index contributed by atoms with van der Waals surface area (Å²) in [5.41, 5.74) is 6.53. The fourth-order valence-electron chi connectivity index (χ4n) is 2.77. The number of rotatable bonds is 3. The normalized spacial score (nSPS) is 15.5. The molecule has 4 amide bonds. The number of hydrogen-bond acceptors (Lipinski definition) is 4. The van der Waals surface area contributed by atoms with E-state index in [9.17, 15) is 19.2 Å². The lowest BCUT2D eigenvalue weighted by atomic mass is 10.0. The first-order chi connectivity index (χ1) is 12.3. The lowest BCUT2D eigenvalue weighted by Crippen LogP contribution is -2.42. The van der Waals surface area contributed by atoms with Crippen LogP contribution >= 0.6 is 11.6 Å². The SMILES string of the molecule is CC(=O)c1ccc2c(c1)C(NC(=O)c1ccc(Cl)cc1)C(=O)N2C(N)=O. The molecule has 1 atom stereocenters. The Hall–Kier alpha value is -3.19. The Morgan fingerprint density at radius 1 is 1.08 bits per heavy atom. The van der Waals surface area contributed by atoms with Crippen LogP contribution in [0.25, 0.3) is 0 Å². The van der Waals surface area contributed by atoms with E-state index in [2.05, 4.69) is 5.32 Å². The quantitative estimate of drug-likeness (QED) is 0.807. The van der Waals surface area contributed by atoms with Gasteiger partial charge in [0.05, 0.1) is 5.69 Å². The molecule has 3 N–H and O–H groups in total. The molecule has 0 bridgehead atoms. The summed E-state index contributed by atoms with van der Waals surface area (Å²) in [4.78, 5) is 49.1.